The molecule has 3 heterocycles. The van der Waals surface area contributed by atoms with Gasteiger partial charge in [-0.1, -0.05) is 264 Å². The van der Waals surface area contributed by atoms with Gasteiger partial charge in [-0.15, -0.1) is 41.7 Å². The molecule has 5 nitrogen and oxygen atoms in total. The Bertz CT molecular complexity index is 4910. The average Bonchev–Trinajstić information content (AvgIpc) is 1.49. The molecule has 450 valence electrons. The van der Waals surface area contributed by atoms with Crippen LogP contribution in [0.1, 0.15) is 137 Å². The van der Waals surface area contributed by atoms with E-state index in [9.17, 15) is 4.11 Å². The third kappa shape index (κ3) is 9.23. The SMILES string of the molecule is [2H]C([2H])([2H])c1ccc(N2[CH-]N(c3c(-c4ccccc4)cc(C(C)(C)C)cc3-c3cc(C(C)(C)C)cc(C(C)(C)C)c3)c3ccccc32)[c-]c1Oc1[c-]c2c(c3c1-c1ccccc1C31c3ccccc3-c3ccccc31)c1ccccc1n2-c1cc(C(C)(C)C)ccn1.[Pt]. The number of aryl methyl sites for hydroxylation is 1. The molecule has 0 amide bonds. The van der Waals surface area contributed by atoms with Crippen molar-refractivity contribution in [3.05, 3.63) is 281 Å². The van der Waals surface area contributed by atoms with E-state index in [0.717, 1.165) is 94.8 Å². The molecule has 3 aliphatic rings. The van der Waals surface area contributed by atoms with Crippen molar-refractivity contribution in [3.63, 3.8) is 0 Å². The molecule has 0 saturated heterocycles. The van der Waals surface area contributed by atoms with Gasteiger partial charge < -0.3 is 19.1 Å². The van der Waals surface area contributed by atoms with Crippen molar-refractivity contribution in [1.82, 2.24) is 9.55 Å². The summed E-state index contributed by atoms with van der Waals surface area (Å²) in [4.78, 5) is 9.61. The van der Waals surface area contributed by atoms with Crippen LogP contribution in [0.4, 0.5) is 22.7 Å². The molecule has 10 aromatic carbocycles. The number of rotatable bonds is 7. The van der Waals surface area contributed by atoms with Crippen LogP contribution in [0, 0.1) is 25.7 Å². The Balaban J connectivity index is 0.00000749. The average molecular weight is 1350 g/mol. The number of fused-ring (bicyclic) bond motifs is 15. The van der Waals surface area contributed by atoms with Gasteiger partial charge in [0.2, 0.25) is 0 Å². The maximum atomic E-state index is 9.27. The molecule has 1 aliphatic heterocycles. The Morgan fingerprint density at radius 1 is 0.478 bits per heavy atom. The maximum absolute atomic E-state index is 9.27. The second kappa shape index (κ2) is 21.2. The van der Waals surface area contributed by atoms with Gasteiger partial charge in [0.05, 0.1) is 5.41 Å². The minimum atomic E-state index is -2.60. The molecular weight excluding hydrogens is 1280 g/mol. The number of pyridine rings is 1. The number of hydrogen-bond donors (Lipinski definition) is 0. The molecule has 2 aromatic heterocycles. The van der Waals surface area contributed by atoms with Gasteiger partial charge in [0.25, 0.3) is 0 Å². The largest absolute Gasteiger partial charge is 0.508 e. The first-order chi connectivity index (χ1) is 43.8. The van der Waals surface area contributed by atoms with E-state index in [2.05, 4.69) is 310 Å². The first kappa shape index (κ1) is 55.3. The zero-order chi connectivity index (χ0) is 64.2. The van der Waals surface area contributed by atoms with Crippen LogP contribution in [-0.2, 0) is 48.1 Å². The van der Waals surface area contributed by atoms with E-state index >= 15 is 0 Å². The third-order valence-electron chi connectivity index (χ3n) is 18.9. The number of anilines is 4. The minimum absolute atomic E-state index is 0. The molecule has 1 spiro atoms. The number of benzene rings is 10. The summed E-state index contributed by atoms with van der Waals surface area (Å²) in [6.45, 7) is 26.9. The van der Waals surface area contributed by atoms with Crippen LogP contribution in [0.2, 0.25) is 0 Å². The monoisotopic (exact) mass is 1350 g/mol. The maximum Gasteiger partial charge on any atom is 0.135 e. The quantitative estimate of drug-likeness (QED) is 0.149. The second-order valence-electron chi connectivity index (χ2n) is 28.7. The molecule has 0 unspecified atom stereocenters. The Labute approximate surface area is 550 Å². The molecule has 0 N–H and O–H groups in total. The molecule has 90 heavy (non-hydrogen) atoms. The van der Waals surface area contributed by atoms with E-state index in [-0.39, 0.29) is 54.0 Å². The second-order valence-corrected chi connectivity index (χ2v) is 28.7. The summed E-state index contributed by atoms with van der Waals surface area (Å²) in [6.07, 6.45) is 1.90. The molecular formula is C84H75N4OPt-3. The van der Waals surface area contributed by atoms with Gasteiger partial charge in [0.1, 0.15) is 5.82 Å². The minimum Gasteiger partial charge on any atom is -0.508 e. The predicted octanol–water partition coefficient (Wildman–Crippen LogP) is 22.2. The standard InChI is InChI=1S/C84H75N4O.Pt/c1-52-39-40-59(86-51-87(71-38-26-25-37-70(71)86)79-64(53-27-15-14-16-28-53)46-58(83(11,12)13)47-65(79)54-43-56(81(5,6)7)45-57(44-54)82(8,9)10)49-73(52)89-74-50-72-76(63-32-20-24-36-69(63)88(72)75-48-55(41-42-85-75)80(2,3)4)78-77(74)62-31-19-23-35-68(62)84(78)66-33-21-17-29-60(66)61-30-18-22-34-67(61)84;/h14-48,51H,1-13H3;/q-3;/i1D3;. The van der Waals surface area contributed by atoms with Gasteiger partial charge in [-0.2, -0.15) is 6.07 Å². The summed E-state index contributed by atoms with van der Waals surface area (Å²) in [5.41, 5.74) is 21.8. The third-order valence-corrected chi connectivity index (χ3v) is 18.9. The van der Waals surface area contributed by atoms with Crippen molar-refractivity contribution < 1.29 is 29.9 Å². The van der Waals surface area contributed by atoms with E-state index in [1.165, 1.54) is 38.9 Å². The van der Waals surface area contributed by atoms with Crippen LogP contribution >= 0.6 is 0 Å². The molecule has 6 heteroatoms. The van der Waals surface area contributed by atoms with Crippen molar-refractivity contribution >= 4 is 44.6 Å². The van der Waals surface area contributed by atoms with Crippen LogP contribution in [0.15, 0.2) is 212 Å². The van der Waals surface area contributed by atoms with E-state index < -0.39 is 12.3 Å². The number of nitrogens with zero attached hydrogens (tertiary/aromatic N) is 4. The van der Waals surface area contributed by atoms with Gasteiger partial charge in [0.15, 0.2) is 0 Å². The normalized spacial score (nSPS) is 14.6. The Kier molecular flexibility index (Phi) is 13.0. The Morgan fingerprint density at radius 3 is 1.63 bits per heavy atom. The smallest absolute Gasteiger partial charge is 0.135 e. The number of para-hydroxylation sites is 3. The Hall–Kier alpha value is -8.76. The first-order valence-corrected chi connectivity index (χ1v) is 31.3. The zero-order valence-electron chi connectivity index (χ0n) is 56.3. The summed E-state index contributed by atoms with van der Waals surface area (Å²) < 4.78 is 37.6. The van der Waals surface area contributed by atoms with Crippen LogP contribution in [-0.4, -0.2) is 9.55 Å². The van der Waals surface area contributed by atoms with Gasteiger partial charge in [-0.25, -0.2) is 4.98 Å². The van der Waals surface area contributed by atoms with Gasteiger partial charge in [-0.3, -0.25) is 0 Å². The van der Waals surface area contributed by atoms with E-state index in [0.29, 0.717) is 11.4 Å². The molecule has 0 atom stereocenters. The fraction of sp³-hybridized carbons (Fsp3) is 0.214. The zero-order valence-corrected chi connectivity index (χ0v) is 55.6. The summed E-state index contributed by atoms with van der Waals surface area (Å²) in [5.74, 6) is 1.22. The fourth-order valence-electron chi connectivity index (χ4n) is 14.2. The van der Waals surface area contributed by atoms with Crippen molar-refractivity contribution in [2.24, 2.45) is 0 Å². The molecule has 15 rings (SSSR count). The Morgan fingerprint density at radius 2 is 1.01 bits per heavy atom. The van der Waals surface area contributed by atoms with E-state index in [1.54, 1.807) is 6.07 Å². The van der Waals surface area contributed by atoms with E-state index in [4.69, 9.17) is 9.72 Å². The predicted molar refractivity (Wildman–Crippen MR) is 371 cm³/mol. The summed E-state index contributed by atoms with van der Waals surface area (Å²) in [5, 5.41) is 2.07. The van der Waals surface area contributed by atoms with Crippen molar-refractivity contribution in [3.8, 4) is 61.8 Å². The first-order valence-electron chi connectivity index (χ1n) is 32.8. The molecule has 12 aromatic rings. The van der Waals surface area contributed by atoms with Crippen molar-refractivity contribution in [2.45, 2.75) is 117 Å². The number of hydrogen-bond acceptors (Lipinski definition) is 4. The number of aromatic nitrogens is 2. The molecule has 0 fully saturated rings. The van der Waals surface area contributed by atoms with Gasteiger partial charge in [0, 0.05) is 76.6 Å². The summed E-state index contributed by atoms with van der Waals surface area (Å²) in [7, 11) is 0. The fourth-order valence-corrected chi connectivity index (χ4v) is 14.2. The molecule has 0 radical (unpaired) electrons. The van der Waals surface area contributed by atoms with Crippen LogP contribution in [0.25, 0.3) is 72.1 Å². The molecule has 0 saturated carbocycles. The van der Waals surface area contributed by atoms with Crippen molar-refractivity contribution in [1.29, 1.82) is 0 Å². The molecule has 2 aliphatic carbocycles. The van der Waals surface area contributed by atoms with Gasteiger partial charge >= 0.3 is 0 Å². The summed E-state index contributed by atoms with van der Waals surface area (Å²) in [6, 6.07) is 81.5. The van der Waals surface area contributed by atoms with Gasteiger partial charge in [-0.05, 0) is 131 Å². The van der Waals surface area contributed by atoms with Crippen molar-refractivity contribution in [2.75, 3.05) is 9.80 Å². The van der Waals surface area contributed by atoms with Crippen LogP contribution < -0.4 is 14.5 Å². The van der Waals surface area contributed by atoms with Crippen LogP contribution in [0.3, 0.4) is 0 Å². The summed E-state index contributed by atoms with van der Waals surface area (Å²) >= 11 is 0. The van der Waals surface area contributed by atoms with Crippen LogP contribution in [0.5, 0.6) is 11.5 Å². The van der Waals surface area contributed by atoms with E-state index in [1.807, 2.05) is 12.3 Å². The topological polar surface area (TPSA) is 33.5 Å². The number of ether oxygens (including phenoxy) is 1. The molecule has 0 bridgehead atoms.